The van der Waals surface area contributed by atoms with Crippen LogP contribution in [0.5, 0.6) is 0 Å². The molecule has 8 nitrogen and oxygen atoms in total. The number of rotatable bonds is 4. The number of pyridine rings is 1. The first-order chi connectivity index (χ1) is 13.8. The van der Waals surface area contributed by atoms with E-state index in [0.717, 1.165) is 60.3 Å². The quantitative estimate of drug-likeness (QED) is 0.744. The van der Waals surface area contributed by atoms with Crippen LogP contribution in [0.3, 0.4) is 0 Å². The van der Waals surface area contributed by atoms with Gasteiger partial charge < -0.3 is 19.0 Å². The number of nitrogens with one attached hydrogen (secondary N) is 1. The summed E-state index contributed by atoms with van der Waals surface area (Å²) in [6, 6.07) is 0.868. The first-order valence-electron chi connectivity index (χ1n) is 10.0. The van der Waals surface area contributed by atoms with E-state index in [9.17, 15) is 14.1 Å². The summed E-state index contributed by atoms with van der Waals surface area (Å²) < 4.78 is 17.9. The molecule has 29 heavy (non-hydrogen) atoms. The van der Waals surface area contributed by atoms with Crippen molar-refractivity contribution in [2.45, 2.75) is 76.5 Å². The smallest absolute Gasteiger partial charge is 0.322 e. The second kappa shape index (κ2) is 7.53. The van der Waals surface area contributed by atoms with Crippen LogP contribution in [0.15, 0.2) is 15.5 Å². The molecule has 2 aliphatic carbocycles. The number of amides is 2. The normalized spacial score (nSPS) is 17.9. The second-order valence-electron chi connectivity index (χ2n) is 8.20. The highest BCUT2D eigenvalue weighted by molar-refractivity contribution is 7.75. The Morgan fingerprint density at radius 1 is 1.34 bits per heavy atom. The zero-order valence-electron chi connectivity index (χ0n) is 17.0. The first kappa shape index (κ1) is 20.0. The number of hydrogen-bond acceptors (Lipinski definition) is 6. The number of aliphatic hydroxyl groups is 1. The standard InChI is InChI=1S/C20H26N5O3S/c1-4-25-12(11-26)10-16(23-25)29(28)24-19(27)22-17-13-6-5-7-15(13)21-18-14(17)8-9-20(18,2)3/h10,26H,4-9,11H2,1-3H3,(H,21,22,27)/q-1. The lowest BCUT2D eigenvalue weighted by Crippen LogP contribution is -2.17. The number of aryl methyl sites for hydroxylation is 2. The van der Waals surface area contributed by atoms with Crippen molar-refractivity contribution in [2.75, 3.05) is 5.32 Å². The first-order valence-corrected chi connectivity index (χ1v) is 11.1. The third kappa shape index (κ3) is 3.57. The number of carbonyl (C=O) groups excluding carboxylic acids is 1. The summed E-state index contributed by atoms with van der Waals surface area (Å²) in [4.78, 5) is 17.5. The average molecular weight is 417 g/mol. The van der Waals surface area contributed by atoms with Crippen molar-refractivity contribution in [3.8, 4) is 0 Å². The van der Waals surface area contributed by atoms with Gasteiger partial charge in [-0.3, -0.25) is 9.67 Å². The van der Waals surface area contributed by atoms with Crippen molar-refractivity contribution in [1.82, 2.24) is 14.8 Å². The minimum absolute atomic E-state index is 0.0138. The molecule has 2 heterocycles. The molecule has 0 saturated heterocycles. The van der Waals surface area contributed by atoms with Crippen LogP contribution in [-0.2, 0) is 52.6 Å². The molecular weight excluding hydrogens is 390 g/mol. The number of aromatic nitrogens is 3. The Bertz CT molecular complexity index is 1050. The lowest BCUT2D eigenvalue weighted by atomic mass is 9.90. The van der Waals surface area contributed by atoms with Gasteiger partial charge in [0.25, 0.3) is 0 Å². The van der Waals surface area contributed by atoms with E-state index in [4.69, 9.17) is 4.98 Å². The molecule has 0 spiro atoms. The predicted molar refractivity (Wildman–Crippen MR) is 109 cm³/mol. The zero-order valence-corrected chi connectivity index (χ0v) is 17.8. The highest BCUT2D eigenvalue weighted by Crippen LogP contribution is 2.44. The molecule has 2 aromatic rings. The van der Waals surface area contributed by atoms with Crippen LogP contribution >= 0.6 is 0 Å². The number of carbonyl (C=O) groups is 1. The van der Waals surface area contributed by atoms with Crippen LogP contribution in [0, 0.1) is 0 Å². The molecule has 0 fully saturated rings. The number of hydrogen-bond donors (Lipinski definition) is 2. The van der Waals surface area contributed by atoms with Gasteiger partial charge in [-0.15, -0.1) is 10.6 Å². The summed E-state index contributed by atoms with van der Waals surface area (Å²) >= 11 is 0. The highest BCUT2D eigenvalue weighted by Gasteiger charge is 2.36. The fourth-order valence-corrected chi connectivity index (χ4v) is 5.00. The molecular formula is C20H26N5O3S-. The average Bonchev–Trinajstić information content (AvgIpc) is 3.39. The monoisotopic (exact) mass is 416 g/mol. The second-order valence-corrected chi connectivity index (χ2v) is 9.29. The van der Waals surface area contributed by atoms with Gasteiger partial charge in [0.1, 0.15) is 0 Å². The van der Waals surface area contributed by atoms with Crippen LogP contribution in [0.25, 0.3) is 0 Å². The Balaban J connectivity index is 1.65. The highest BCUT2D eigenvalue weighted by atomic mass is 32.2. The minimum atomic E-state index is -1.94. The molecule has 0 unspecified atom stereocenters. The van der Waals surface area contributed by atoms with Gasteiger partial charge in [-0.2, -0.15) is 5.10 Å². The molecule has 2 aliphatic rings. The summed E-state index contributed by atoms with van der Waals surface area (Å²) in [5.41, 5.74) is 5.64. The number of aliphatic hydroxyl groups excluding tert-OH is 1. The third-order valence-electron chi connectivity index (χ3n) is 5.85. The van der Waals surface area contributed by atoms with Crippen molar-refractivity contribution in [3.63, 3.8) is 0 Å². The predicted octanol–water partition coefficient (Wildman–Crippen LogP) is 3.24. The van der Waals surface area contributed by atoms with E-state index in [1.807, 2.05) is 6.92 Å². The van der Waals surface area contributed by atoms with Gasteiger partial charge in [0.2, 0.25) is 0 Å². The van der Waals surface area contributed by atoms with Gasteiger partial charge in [0.15, 0.2) is 0 Å². The maximum Gasteiger partial charge on any atom is 0.322 e. The Morgan fingerprint density at radius 2 is 2.14 bits per heavy atom. The molecule has 0 saturated carbocycles. The van der Waals surface area contributed by atoms with Gasteiger partial charge in [-0.25, -0.2) is 4.79 Å². The van der Waals surface area contributed by atoms with Gasteiger partial charge in [0, 0.05) is 22.7 Å². The largest absolute Gasteiger partial charge is 0.438 e. The van der Waals surface area contributed by atoms with Crippen molar-refractivity contribution in [2.24, 2.45) is 4.36 Å². The van der Waals surface area contributed by atoms with E-state index in [-0.39, 0.29) is 17.0 Å². The number of anilines is 1. The third-order valence-corrected chi connectivity index (χ3v) is 6.73. The maximum absolute atomic E-state index is 12.6. The fraction of sp³-hybridized carbons (Fsp3) is 0.550. The van der Waals surface area contributed by atoms with E-state index < -0.39 is 16.6 Å². The van der Waals surface area contributed by atoms with Crippen molar-refractivity contribution < 1.29 is 14.1 Å². The molecule has 0 bridgehead atoms. The molecule has 4 rings (SSSR count). The summed E-state index contributed by atoms with van der Waals surface area (Å²) in [5.74, 6) is 0. The lowest BCUT2D eigenvalue weighted by Gasteiger charge is -2.20. The topological polar surface area (TPSA) is 109 Å². The van der Waals surface area contributed by atoms with Crippen LogP contribution in [-0.4, -0.2) is 25.9 Å². The lowest BCUT2D eigenvalue weighted by molar-refractivity contribution is 0.260. The van der Waals surface area contributed by atoms with E-state index in [0.29, 0.717) is 12.2 Å². The van der Waals surface area contributed by atoms with Gasteiger partial charge >= 0.3 is 6.03 Å². The SMILES string of the molecule is CCn1nc([S-](=O)=NC(=O)Nc2c3c(nc4c2CCC4(C)C)CCC3)cc1CO. The summed E-state index contributed by atoms with van der Waals surface area (Å²) in [7, 11) is -1.94. The number of urea groups is 1. The van der Waals surface area contributed by atoms with Crippen LogP contribution in [0.1, 0.15) is 61.8 Å². The Kier molecular flexibility index (Phi) is 5.20. The number of nitrogens with zero attached hydrogens (tertiary/aromatic N) is 4. The van der Waals surface area contributed by atoms with Crippen molar-refractivity contribution in [3.05, 3.63) is 34.3 Å². The number of fused-ring (bicyclic) bond motifs is 2. The van der Waals surface area contributed by atoms with Gasteiger partial charge in [-0.1, -0.05) is 13.8 Å². The summed E-state index contributed by atoms with van der Waals surface area (Å²) in [6.45, 7) is 6.55. The molecule has 0 aromatic carbocycles. The van der Waals surface area contributed by atoms with Crippen LogP contribution in [0.4, 0.5) is 10.5 Å². The Morgan fingerprint density at radius 3 is 2.83 bits per heavy atom. The van der Waals surface area contributed by atoms with E-state index >= 15 is 0 Å². The Hall–Kier alpha value is -2.26. The van der Waals surface area contributed by atoms with Crippen LogP contribution in [0.2, 0.25) is 0 Å². The van der Waals surface area contributed by atoms with E-state index in [2.05, 4.69) is 28.6 Å². The zero-order chi connectivity index (χ0) is 20.8. The Labute approximate surface area is 171 Å². The molecule has 2 aromatic heterocycles. The minimum Gasteiger partial charge on any atom is -0.438 e. The van der Waals surface area contributed by atoms with Gasteiger partial charge in [-0.05, 0) is 56.2 Å². The van der Waals surface area contributed by atoms with E-state index in [1.165, 1.54) is 6.07 Å². The molecule has 156 valence electrons. The molecule has 9 heteroatoms. The van der Waals surface area contributed by atoms with Crippen LogP contribution < -0.4 is 5.32 Å². The summed E-state index contributed by atoms with van der Waals surface area (Å²) in [6.07, 6.45) is 4.68. The molecule has 0 radical (unpaired) electrons. The summed E-state index contributed by atoms with van der Waals surface area (Å²) in [5, 5.41) is 16.6. The molecule has 2 N–H and O–H groups in total. The molecule has 0 aliphatic heterocycles. The van der Waals surface area contributed by atoms with Gasteiger partial charge in [0.05, 0.1) is 23.7 Å². The maximum atomic E-state index is 12.6. The van der Waals surface area contributed by atoms with Crippen molar-refractivity contribution >= 4 is 22.3 Å². The van der Waals surface area contributed by atoms with E-state index in [1.54, 1.807) is 4.68 Å². The molecule has 0 atom stereocenters. The molecule has 2 amide bonds. The fourth-order valence-electron chi connectivity index (χ4n) is 4.30. The van der Waals surface area contributed by atoms with Crippen molar-refractivity contribution in [1.29, 1.82) is 0 Å².